The highest BCUT2D eigenvalue weighted by Gasteiger charge is 2.05. The highest BCUT2D eigenvalue weighted by Crippen LogP contribution is 1.92. The summed E-state index contributed by atoms with van der Waals surface area (Å²) in [5.74, 6) is -0.105. The summed E-state index contributed by atoms with van der Waals surface area (Å²) < 4.78 is 0. The quantitative estimate of drug-likeness (QED) is 0.618. The van der Waals surface area contributed by atoms with Crippen molar-refractivity contribution in [1.82, 2.24) is 5.32 Å². The summed E-state index contributed by atoms with van der Waals surface area (Å²) in [4.78, 5) is 11.0. The molecule has 0 fully saturated rings. The fourth-order valence-electron chi connectivity index (χ4n) is 0.775. The fourth-order valence-corrected chi connectivity index (χ4v) is 0.775. The summed E-state index contributed by atoms with van der Waals surface area (Å²) in [7, 11) is 0. The number of carbonyl (C=O) groups is 1. The van der Waals surface area contributed by atoms with Crippen molar-refractivity contribution in [2.24, 2.45) is 0 Å². The van der Waals surface area contributed by atoms with Gasteiger partial charge in [0.1, 0.15) is 0 Å². The molecular formula is C8H14N2O2. The second kappa shape index (κ2) is 6.62. The SMILES string of the molecule is CC(CC#N)NC(=O)CCCO. The summed E-state index contributed by atoms with van der Waals surface area (Å²) >= 11 is 0. The second-order valence-corrected chi connectivity index (χ2v) is 2.66. The molecule has 0 aromatic heterocycles. The highest BCUT2D eigenvalue weighted by molar-refractivity contribution is 5.76. The molecular weight excluding hydrogens is 156 g/mol. The second-order valence-electron chi connectivity index (χ2n) is 2.66. The van der Waals surface area contributed by atoms with Crippen LogP contribution in [-0.4, -0.2) is 23.7 Å². The maximum absolute atomic E-state index is 11.0. The van der Waals surface area contributed by atoms with E-state index in [1.165, 1.54) is 0 Å². The Balaban J connectivity index is 3.48. The molecule has 4 heteroatoms. The molecule has 0 bridgehead atoms. The van der Waals surface area contributed by atoms with Crippen molar-refractivity contribution in [1.29, 1.82) is 5.26 Å². The van der Waals surface area contributed by atoms with E-state index >= 15 is 0 Å². The van der Waals surface area contributed by atoms with E-state index in [2.05, 4.69) is 5.32 Å². The maximum atomic E-state index is 11.0. The van der Waals surface area contributed by atoms with E-state index < -0.39 is 0 Å². The van der Waals surface area contributed by atoms with Crippen molar-refractivity contribution in [3.63, 3.8) is 0 Å². The molecule has 0 aliphatic heterocycles. The van der Waals surface area contributed by atoms with Gasteiger partial charge < -0.3 is 10.4 Å². The van der Waals surface area contributed by atoms with E-state index in [1.54, 1.807) is 6.92 Å². The lowest BCUT2D eigenvalue weighted by molar-refractivity contribution is -0.121. The number of rotatable bonds is 5. The number of aliphatic hydroxyl groups is 1. The van der Waals surface area contributed by atoms with Gasteiger partial charge in [0.05, 0.1) is 12.5 Å². The molecule has 1 amide bonds. The summed E-state index contributed by atoms with van der Waals surface area (Å²) in [6.45, 7) is 1.81. The lowest BCUT2D eigenvalue weighted by atomic mass is 10.2. The summed E-state index contributed by atoms with van der Waals surface area (Å²) in [5, 5.41) is 19.3. The van der Waals surface area contributed by atoms with Gasteiger partial charge in [-0.3, -0.25) is 4.79 Å². The van der Waals surface area contributed by atoms with Gasteiger partial charge in [-0.1, -0.05) is 0 Å². The van der Waals surface area contributed by atoms with Crippen molar-refractivity contribution in [2.75, 3.05) is 6.61 Å². The van der Waals surface area contributed by atoms with Gasteiger partial charge in [0, 0.05) is 19.1 Å². The number of hydrogen-bond acceptors (Lipinski definition) is 3. The van der Waals surface area contributed by atoms with Gasteiger partial charge in [0.15, 0.2) is 0 Å². The topological polar surface area (TPSA) is 73.1 Å². The summed E-state index contributed by atoms with van der Waals surface area (Å²) in [6.07, 6.45) is 1.13. The lowest BCUT2D eigenvalue weighted by Gasteiger charge is -2.09. The monoisotopic (exact) mass is 170 g/mol. The number of carbonyl (C=O) groups excluding carboxylic acids is 1. The van der Waals surface area contributed by atoms with E-state index in [-0.39, 0.29) is 18.6 Å². The molecule has 0 aliphatic carbocycles. The van der Waals surface area contributed by atoms with Crippen LogP contribution < -0.4 is 5.32 Å². The van der Waals surface area contributed by atoms with E-state index in [4.69, 9.17) is 10.4 Å². The average Bonchev–Trinajstić information content (AvgIpc) is 2.01. The highest BCUT2D eigenvalue weighted by atomic mass is 16.3. The van der Waals surface area contributed by atoms with E-state index in [1.807, 2.05) is 6.07 Å². The Kier molecular flexibility index (Phi) is 6.02. The largest absolute Gasteiger partial charge is 0.396 e. The third-order valence-corrected chi connectivity index (χ3v) is 1.37. The molecule has 0 heterocycles. The minimum absolute atomic E-state index is 0.0278. The summed E-state index contributed by atoms with van der Waals surface area (Å²) in [6, 6.07) is 1.87. The smallest absolute Gasteiger partial charge is 0.220 e. The molecule has 0 aromatic carbocycles. The van der Waals surface area contributed by atoms with Crippen LogP contribution in [0.1, 0.15) is 26.2 Å². The Bertz CT molecular complexity index is 174. The first-order valence-corrected chi connectivity index (χ1v) is 3.98. The van der Waals surface area contributed by atoms with Crippen molar-refractivity contribution < 1.29 is 9.90 Å². The fraction of sp³-hybridized carbons (Fsp3) is 0.750. The Morgan fingerprint density at radius 2 is 2.42 bits per heavy atom. The molecule has 0 aliphatic rings. The number of nitriles is 1. The van der Waals surface area contributed by atoms with Crippen LogP contribution >= 0.6 is 0 Å². The first-order valence-electron chi connectivity index (χ1n) is 3.98. The Morgan fingerprint density at radius 3 is 2.92 bits per heavy atom. The van der Waals surface area contributed by atoms with Crippen LogP contribution in [0, 0.1) is 11.3 Å². The van der Waals surface area contributed by atoms with Crippen LogP contribution in [0.15, 0.2) is 0 Å². The number of nitrogens with zero attached hydrogens (tertiary/aromatic N) is 1. The molecule has 0 saturated heterocycles. The number of aliphatic hydroxyl groups excluding tert-OH is 1. The molecule has 68 valence electrons. The molecule has 0 radical (unpaired) electrons. The Morgan fingerprint density at radius 1 is 1.75 bits per heavy atom. The van der Waals surface area contributed by atoms with Crippen LogP contribution in [0.2, 0.25) is 0 Å². The van der Waals surface area contributed by atoms with Crippen molar-refractivity contribution in [3.05, 3.63) is 0 Å². The van der Waals surface area contributed by atoms with E-state index in [9.17, 15) is 4.79 Å². The minimum Gasteiger partial charge on any atom is -0.396 e. The lowest BCUT2D eigenvalue weighted by Crippen LogP contribution is -2.32. The van der Waals surface area contributed by atoms with Crippen molar-refractivity contribution >= 4 is 5.91 Å². The summed E-state index contributed by atoms with van der Waals surface area (Å²) in [5.41, 5.74) is 0. The average molecular weight is 170 g/mol. The standard InChI is InChI=1S/C8H14N2O2/c1-7(4-5-9)10-8(12)3-2-6-11/h7,11H,2-4,6H2,1H3,(H,10,12). The first kappa shape index (κ1) is 10.9. The molecule has 12 heavy (non-hydrogen) atoms. The van der Waals surface area contributed by atoms with Crippen LogP contribution in [-0.2, 0) is 4.79 Å². The van der Waals surface area contributed by atoms with Crippen LogP contribution in [0.4, 0.5) is 0 Å². The molecule has 0 rings (SSSR count). The molecule has 1 atom stereocenters. The van der Waals surface area contributed by atoms with Gasteiger partial charge in [0.2, 0.25) is 5.91 Å². The molecule has 4 nitrogen and oxygen atoms in total. The first-order chi connectivity index (χ1) is 5.70. The van der Waals surface area contributed by atoms with Crippen molar-refractivity contribution in [2.45, 2.75) is 32.2 Å². The van der Waals surface area contributed by atoms with Gasteiger partial charge in [-0.2, -0.15) is 5.26 Å². The third-order valence-electron chi connectivity index (χ3n) is 1.37. The molecule has 1 unspecified atom stereocenters. The zero-order valence-electron chi connectivity index (χ0n) is 7.21. The van der Waals surface area contributed by atoms with Gasteiger partial charge in [-0.15, -0.1) is 0 Å². The van der Waals surface area contributed by atoms with Crippen molar-refractivity contribution in [3.8, 4) is 6.07 Å². The molecule has 0 saturated carbocycles. The number of nitrogens with one attached hydrogen (secondary N) is 1. The van der Waals surface area contributed by atoms with Crippen LogP contribution in [0.5, 0.6) is 0 Å². The number of hydrogen-bond donors (Lipinski definition) is 2. The number of amides is 1. The zero-order valence-corrected chi connectivity index (χ0v) is 7.21. The maximum Gasteiger partial charge on any atom is 0.220 e. The minimum atomic E-state index is -0.105. The Hall–Kier alpha value is -1.08. The molecule has 0 aromatic rings. The predicted octanol–water partition coefficient (Wildman–Crippen LogP) is 0.177. The predicted molar refractivity (Wildman–Crippen MR) is 44.2 cm³/mol. The van der Waals surface area contributed by atoms with Gasteiger partial charge in [0.25, 0.3) is 0 Å². The van der Waals surface area contributed by atoms with Gasteiger partial charge in [-0.05, 0) is 13.3 Å². The van der Waals surface area contributed by atoms with Crippen LogP contribution in [0.3, 0.4) is 0 Å². The zero-order chi connectivity index (χ0) is 9.40. The Labute approximate surface area is 72.2 Å². The third kappa shape index (κ3) is 5.69. The van der Waals surface area contributed by atoms with Crippen LogP contribution in [0.25, 0.3) is 0 Å². The van der Waals surface area contributed by atoms with Gasteiger partial charge >= 0.3 is 0 Å². The normalized spacial score (nSPS) is 11.8. The molecule has 2 N–H and O–H groups in total. The molecule has 0 spiro atoms. The van der Waals surface area contributed by atoms with E-state index in [0.717, 1.165) is 0 Å². The van der Waals surface area contributed by atoms with Gasteiger partial charge in [-0.25, -0.2) is 0 Å². The van der Waals surface area contributed by atoms with E-state index in [0.29, 0.717) is 19.3 Å².